The van der Waals surface area contributed by atoms with Gasteiger partial charge >= 0.3 is 5.97 Å². The minimum Gasteiger partial charge on any atom is -0.465 e. The summed E-state index contributed by atoms with van der Waals surface area (Å²) in [6, 6.07) is 11.5. The van der Waals surface area contributed by atoms with Crippen molar-refractivity contribution in [2.24, 2.45) is 0 Å². The summed E-state index contributed by atoms with van der Waals surface area (Å²) in [7, 11) is -2.95. The van der Waals surface area contributed by atoms with Crippen LogP contribution in [0.2, 0.25) is 0 Å². The first-order chi connectivity index (χ1) is 11.4. The van der Waals surface area contributed by atoms with E-state index in [1.165, 1.54) is 31.4 Å². The van der Waals surface area contributed by atoms with Crippen LogP contribution in [-0.4, -0.2) is 36.0 Å². The molecule has 8 heteroatoms. The van der Waals surface area contributed by atoms with Crippen LogP contribution < -0.4 is 0 Å². The number of esters is 1. The Morgan fingerprint density at radius 2 is 1.50 bits per heavy atom. The Morgan fingerprint density at radius 3 is 1.96 bits per heavy atom. The fourth-order valence-corrected chi connectivity index (χ4v) is 4.13. The number of nitrogens with zero attached hydrogens (tertiary/aromatic N) is 1. The summed E-state index contributed by atoms with van der Waals surface area (Å²) in [6.45, 7) is 0. The second kappa shape index (κ2) is 5.99. The zero-order valence-corrected chi connectivity index (χ0v) is 13.5. The average Bonchev–Trinajstić information content (AvgIpc) is 2.86. The van der Waals surface area contributed by atoms with E-state index in [-0.39, 0.29) is 10.5 Å². The highest BCUT2D eigenvalue weighted by Crippen LogP contribution is 2.42. The van der Waals surface area contributed by atoms with Gasteiger partial charge in [-0.2, -0.15) is 0 Å². The molecule has 3 rings (SSSR count). The predicted molar refractivity (Wildman–Crippen MR) is 83.2 cm³/mol. The number of sulfonamides is 1. The number of aliphatic hydroxyl groups is 2. The number of aliphatic hydroxyl groups excluding tert-OH is 2. The van der Waals surface area contributed by atoms with Gasteiger partial charge in [-0.3, -0.25) is 0 Å². The minimum atomic E-state index is -4.17. The fourth-order valence-electron chi connectivity index (χ4n) is 2.65. The molecule has 1 heterocycles. The Hall–Kier alpha value is -2.26. The van der Waals surface area contributed by atoms with Crippen molar-refractivity contribution in [2.45, 2.75) is 17.4 Å². The molecule has 0 aromatic heterocycles. The van der Waals surface area contributed by atoms with Gasteiger partial charge in [0.15, 0.2) is 0 Å². The summed E-state index contributed by atoms with van der Waals surface area (Å²) in [5.74, 6) is -0.590. The van der Waals surface area contributed by atoms with Gasteiger partial charge in [0, 0.05) is 11.1 Å². The van der Waals surface area contributed by atoms with Gasteiger partial charge in [0.2, 0.25) is 10.0 Å². The number of carbonyl (C=O) groups excluding carboxylic acids is 1. The molecule has 2 aromatic carbocycles. The summed E-state index contributed by atoms with van der Waals surface area (Å²) < 4.78 is 30.7. The average molecular weight is 349 g/mol. The van der Waals surface area contributed by atoms with Crippen LogP contribution in [0, 0.1) is 0 Å². The van der Waals surface area contributed by atoms with Gasteiger partial charge in [-0.25, -0.2) is 13.2 Å². The van der Waals surface area contributed by atoms with Gasteiger partial charge < -0.3 is 14.9 Å². The first-order valence-electron chi connectivity index (χ1n) is 7.05. The Balaban J connectivity index is 1.99. The molecular weight excluding hydrogens is 334 g/mol. The highest BCUT2D eigenvalue weighted by atomic mass is 32.2. The SMILES string of the molecule is COC(=O)c1ccc(S(=O)(=O)N2C(O)c3ccccc3C2O)cc1. The third kappa shape index (κ3) is 2.49. The molecule has 1 aliphatic heterocycles. The Bertz CT molecular complexity index is 849. The van der Waals surface area contributed by atoms with Crippen LogP contribution in [-0.2, 0) is 14.8 Å². The van der Waals surface area contributed by atoms with Crippen LogP contribution in [0.15, 0.2) is 53.4 Å². The Labute approximate surface area is 138 Å². The fraction of sp³-hybridized carbons (Fsp3) is 0.188. The number of hydrogen-bond donors (Lipinski definition) is 2. The molecule has 7 nitrogen and oxygen atoms in total. The van der Waals surface area contributed by atoms with E-state index in [1.807, 2.05) is 0 Å². The molecule has 0 spiro atoms. The third-order valence-electron chi connectivity index (χ3n) is 3.89. The number of carbonyl (C=O) groups is 1. The summed E-state index contributed by atoms with van der Waals surface area (Å²) in [5.41, 5.74) is 0.863. The van der Waals surface area contributed by atoms with E-state index >= 15 is 0 Å². The smallest absolute Gasteiger partial charge is 0.337 e. The van der Waals surface area contributed by atoms with Crippen molar-refractivity contribution >= 4 is 16.0 Å². The molecule has 2 N–H and O–H groups in total. The van der Waals surface area contributed by atoms with Crippen molar-refractivity contribution in [2.75, 3.05) is 7.11 Å². The second-order valence-electron chi connectivity index (χ2n) is 5.23. The molecule has 0 saturated heterocycles. The van der Waals surface area contributed by atoms with Crippen LogP contribution in [0.4, 0.5) is 0 Å². The van der Waals surface area contributed by atoms with Crippen molar-refractivity contribution < 1.29 is 28.2 Å². The third-order valence-corrected chi connectivity index (χ3v) is 5.71. The molecule has 0 saturated carbocycles. The van der Waals surface area contributed by atoms with E-state index in [4.69, 9.17) is 0 Å². The largest absolute Gasteiger partial charge is 0.465 e. The van der Waals surface area contributed by atoms with Gasteiger partial charge in [0.1, 0.15) is 12.5 Å². The van der Waals surface area contributed by atoms with Crippen molar-refractivity contribution in [3.8, 4) is 0 Å². The number of rotatable bonds is 3. The van der Waals surface area contributed by atoms with Crippen molar-refractivity contribution in [3.05, 3.63) is 65.2 Å². The molecule has 1 aliphatic rings. The maximum absolute atomic E-state index is 12.8. The topological polar surface area (TPSA) is 104 Å². The second-order valence-corrected chi connectivity index (χ2v) is 7.07. The molecule has 0 fully saturated rings. The monoisotopic (exact) mass is 349 g/mol. The van der Waals surface area contributed by atoms with E-state index in [1.54, 1.807) is 24.3 Å². The van der Waals surface area contributed by atoms with E-state index in [0.717, 1.165) is 0 Å². The lowest BCUT2D eigenvalue weighted by molar-refractivity contribution is -0.0226. The van der Waals surface area contributed by atoms with Crippen molar-refractivity contribution in [1.82, 2.24) is 4.31 Å². The zero-order valence-electron chi connectivity index (χ0n) is 12.7. The van der Waals surface area contributed by atoms with Crippen LogP contribution in [0.1, 0.15) is 33.9 Å². The summed E-state index contributed by atoms with van der Waals surface area (Å²) in [5, 5.41) is 20.6. The maximum Gasteiger partial charge on any atom is 0.337 e. The lowest BCUT2D eigenvalue weighted by Gasteiger charge is -2.23. The van der Waals surface area contributed by atoms with Crippen molar-refractivity contribution in [1.29, 1.82) is 0 Å². The number of hydrogen-bond acceptors (Lipinski definition) is 6. The van der Waals surface area contributed by atoms with Crippen LogP contribution >= 0.6 is 0 Å². The first-order valence-corrected chi connectivity index (χ1v) is 8.49. The molecule has 0 bridgehead atoms. The van der Waals surface area contributed by atoms with Crippen LogP contribution in [0.3, 0.4) is 0 Å². The lowest BCUT2D eigenvalue weighted by Crippen LogP contribution is -2.33. The molecule has 126 valence electrons. The number of ether oxygens (including phenoxy) is 1. The summed E-state index contributed by atoms with van der Waals surface area (Å²) in [6.07, 6.45) is -2.97. The molecule has 0 amide bonds. The van der Waals surface area contributed by atoms with Gasteiger partial charge in [-0.15, -0.1) is 4.31 Å². The van der Waals surface area contributed by atoms with Gasteiger partial charge in [0.05, 0.1) is 17.6 Å². The number of fused-ring (bicyclic) bond motifs is 1. The normalized spacial score (nSPS) is 20.6. The minimum absolute atomic E-state index is 0.152. The predicted octanol–water partition coefficient (Wildman–Crippen LogP) is 1.16. The molecule has 24 heavy (non-hydrogen) atoms. The quantitative estimate of drug-likeness (QED) is 0.806. The van der Waals surface area contributed by atoms with Gasteiger partial charge in [-0.1, -0.05) is 24.3 Å². The Morgan fingerprint density at radius 1 is 1.00 bits per heavy atom. The van der Waals surface area contributed by atoms with E-state index in [9.17, 15) is 23.4 Å². The van der Waals surface area contributed by atoms with Crippen LogP contribution in [0.25, 0.3) is 0 Å². The molecule has 2 atom stereocenters. The molecule has 0 radical (unpaired) electrons. The summed E-state index contributed by atoms with van der Waals surface area (Å²) in [4.78, 5) is 11.3. The zero-order chi connectivity index (χ0) is 17.5. The first kappa shape index (κ1) is 16.6. The maximum atomic E-state index is 12.8. The van der Waals surface area contributed by atoms with E-state index < -0.39 is 28.4 Å². The molecule has 2 unspecified atom stereocenters. The lowest BCUT2D eigenvalue weighted by atomic mass is 10.1. The number of methoxy groups -OCH3 is 1. The van der Waals surface area contributed by atoms with E-state index in [0.29, 0.717) is 15.4 Å². The number of benzene rings is 2. The Kier molecular flexibility index (Phi) is 4.14. The van der Waals surface area contributed by atoms with E-state index in [2.05, 4.69) is 4.74 Å². The van der Waals surface area contributed by atoms with Crippen molar-refractivity contribution in [3.63, 3.8) is 0 Å². The molecule has 0 aliphatic carbocycles. The highest BCUT2D eigenvalue weighted by Gasteiger charge is 2.44. The molecular formula is C16H15NO6S. The van der Waals surface area contributed by atoms with Gasteiger partial charge in [0.25, 0.3) is 0 Å². The summed E-state index contributed by atoms with van der Waals surface area (Å²) >= 11 is 0. The molecule has 2 aromatic rings. The highest BCUT2D eigenvalue weighted by molar-refractivity contribution is 7.89. The standard InChI is InChI=1S/C16H15NO6S/c1-23-16(20)10-6-8-11(9-7-10)24(21,22)17-14(18)12-4-2-3-5-13(12)15(17)19/h2-9,14-15,18-19H,1H3. The van der Waals surface area contributed by atoms with Crippen LogP contribution in [0.5, 0.6) is 0 Å². The van der Waals surface area contributed by atoms with Gasteiger partial charge in [-0.05, 0) is 24.3 Å².